The zero-order valence-corrected chi connectivity index (χ0v) is 17.3. The van der Waals surface area contributed by atoms with Gasteiger partial charge in [-0.25, -0.2) is 4.98 Å². The first-order valence-corrected chi connectivity index (χ1v) is 10.2. The van der Waals surface area contributed by atoms with Crippen LogP contribution in [0.5, 0.6) is 0 Å². The van der Waals surface area contributed by atoms with Crippen LogP contribution in [-0.4, -0.2) is 55.2 Å². The number of carbonyl (C=O) groups is 1. The smallest absolute Gasteiger partial charge is 0.298 e. The summed E-state index contributed by atoms with van der Waals surface area (Å²) in [5.74, 6) is 0.0447. The first-order valence-electron chi connectivity index (χ1n) is 9.40. The average Bonchev–Trinajstić information content (AvgIpc) is 3.13. The molecule has 7 heteroatoms. The van der Waals surface area contributed by atoms with Crippen LogP contribution in [0.2, 0.25) is 0 Å². The van der Waals surface area contributed by atoms with Gasteiger partial charge in [-0.2, -0.15) is 0 Å². The number of nitrogens with zero attached hydrogens (tertiary/aromatic N) is 3. The SMILES string of the molecule is CCN(CC)CCN(C(=O)C1=COCCO1)c1nc2c(C)c(C)ccc2s1. The van der Waals surface area contributed by atoms with Crippen molar-refractivity contribution in [1.82, 2.24) is 9.88 Å². The van der Waals surface area contributed by atoms with Crippen molar-refractivity contribution in [3.05, 3.63) is 35.3 Å². The van der Waals surface area contributed by atoms with E-state index in [2.05, 4.69) is 44.7 Å². The molecule has 0 unspecified atom stereocenters. The average molecular weight is 390 g/mol. The van der Waals surface area contributed by atoms with Crippen LogP contribution in [0.1, 0.15) is 25.0 Å². The fraction of sp³-hybridized carbons (Fsp3) is 0.500. The summed E-state index contributed by atoms with van der Waals surface area (Å²) in [4.78, 5) is 21.9. The second-order valence-corrected chi connectivity index (χ2v) is 7.54. The minimum atomic E-state index is -0.199. The summed E-state index contributed by atoms with van der Waals surface area (Å²) in [6.45, 7) is 12.5. The molecule has 3 rings (SSSR count). The lowest BCUT2D eigenvalue weighted by Crippen LogP contribution is -2.40. The van der Waals surface area contributed by atoms with Gasteiger partial charge in [0.1, 0.15) is 19.5 Å². The predicted molar refractivity (Wildman–Crippen MR) is 109 cm³/mol. The molecule has 2 heterocycles. The van der Waals surface area contributed by atoms with E-state index in [0.29, 0.717) is 24.9 Å². The molecule has 1 aromatic carbocycles. The number of amides is 1. The number of rotatable bonds is 7. The number of fused-ring (bicyclic) bond motifs is 1. The number of thiazole rings is 1. The normalized spacial score (nSPS) is 14.0. The third kappa shape index (κ3) is 4.25. The number of aryl methyl sites for hydroxylation is 2. The molecule has 27 heavy (non-hydrogen) atoms. The molecule has 0 spiro atoms. The number of hydrogen-bond acceptors (Lipinski definition) is 6. The molecule has 146 valence electrons. The van der Waals surface area contributed by atoms with Gasteiger partial charge in [-0.1, -0.05) is 31.3 Å². The Morgan fingerprint density at radius 1 is 1.19 bits per heavy atom. The predicted octanol–water partition coefficient (Wildman–Crippen LogP) is 3.48. The lowest BCUT2D eigenvalue weighted by molar-refractivity contribution is -0.119. The first-order chi connectivity index (χ1) is 13.0. The van der Waals surface area contributed by atoms with Crippen LogP contribution in [0.25, 0.3) is 10.2 Å². The highest BCUT2D eigenvalue weighted by Gasteiger charge is 2.26. The molecule has 0 fully saturated rings. The standard InChI is InChI=1S/C20H27N3O3S/c1-5-22(6-2)9-10-23(19(24)16-13-25-11-12-26-16)20-21-18-15(4)14(3)7-8-17(18)27-20/h7-8,13H,5-6,9-12H2,1-4H3. The Morgan fingerprint density at radius 2 is 1.96 bits per heavy atom. The van der Waals surface area contributed by atoms with Crippen LogP contribution in [0.4, 0.5) is 5.13 Å². The Balaban J connectivity index is 1.94. The van der Waals surface area contributed by atoms with Crippen molar-refractivity contribution in [3.8, 4) is 0 Å². The molecule has 0 aliphatic carbocycles. The van der Waals surface area contributed by atoms with Crippen LogP contribution in [0.15, 0.2) is 24.2 Å². The molecule has 0 bridgehead atoms. The molecule has 0 saturated heterocycles. The highest BCUT2D eigenvalue weighted by Crippen LogP contribution is 2.32. The quantitative estimate of drug-likeness (QED) is 0.726. The van der Waals surface area contributed by atoms with E-state index in [1.165, 1.54) is 23.2 Å². The van der Waals surface area contributed by atoms with Crippen LogP contribution in [0.3, 0.4) is 0 Å². The van der Waals surface area contributed by atoms with E-state index in [9.17, 15) is 4.79 Å². The summed E-state index contributed by atoms with van der Waals surface area (Å²) in [6, 6.07) is 4.17. The minimum Gasteiger partial charge on any atom is -0.494 e. The second kappa shape index (κ2) is 8.71. The molecule has 1 aliphatic rings. The van der Waals surface area contributed by atoms with E-state index in [4.69, 9.17) is 14.5 Å². The number of anilines is 1. The first kappa shape index (κ1) is 19.6. The summed E-state index contributed by atoms with van der Waals surface area (Å²) < 4.78 is 11.9. The largest absolute Gasteiger partial charge is 0.494 e. The topological polar surface area (TPSA) is 54.9 Å². The van der Waals surface area contributed by atoms with Gasteiger partial charge in [-0.3, -0.25) is 9.69 Å². The number of likely N-dealkylation sites (N-methyl/N-ethyl adjacent to an activating group) is 1. The van der Waals surface area contributed by atoms with Crippen molar-refractivity contribution in [2.75, 3.05) is 44.3 Å². The maximum Gasteiger partial charge on any atom is 0.298 e. The van der Waals surface area contributed by atoms with Gasteiger partial charge in [-0.05, 0) is 44.1 Å². The Labute approximate surface area is 164 Å². The zero-order valence-electron chi connectivity index (χ0n) is 16.4. The van der Waals surface area contributed by atoms with Gasteiger partial charge in [0.25, 0.3) is 5.91 Å². The summed E-state index contributed by atoms with van der Waals surface area (Å²) in [5, 5.41) is 0.700. The van der Waals surface area contributed by atoms with E-state index in [-0.39, 0.29) is 11.7 Å². The number of benzene rings is 1. The van der Waals surface area contributed by atoms with Crippen molar-refractivity contribution in [1.29, 1.82) is 0 Å². The minimum absolute atomic E-state index is 0.199. The summed E-state index contributed by atoms with van der Waals surface area (Å²) in [7, 11) is 0. The molecule has 0 atom stereocenters. The zero-order chi connectivity index (χ0) is 19.4. The van der Waals surface area contributed by atoms with E-state index >= 15 is 0 Å². The monoisotopic (exact) mass is 389 g/mol. The third-order valence-corrected chi connectivity index (χ3v) is 5.99. The molecule has 1 aliphatic heterocycles. The molecule has 0 N–H and O–H groups in total. The van der Waals surface area contributed by atoms with E-state index in [1.54, 1.807) is 4.90 Å². The van der Waals surface area contributed by atoms with E-state index in [1.807, 2.05) is 0 Å². The summed E-state index contributed by atoms with van der Waals surface area (Å²) >= 11 is 1.54. The van der Waals surface area contributed by atoms with Gasteiger partial charge in [0.15, 0.2) is 5.13 Å². The number of hydrogen-bond donors (Lipinski definition) is 0. The fourth-order valence-electron chi connectivity index (χ4n) is 3.01. The molecule has 1 aromatic heterocycles. The van der Waals surface area contributed by atoms with Gasteiger partial charge < -0.3 is 14.4 Å². The molecule has 6 nitrogen and oxygen atoms in total. The third-order valence-electron chi connectivity index (χ3n) is 4.94. The molecular formula is C20H27N3O3S. The number of carbonyl (C=O) groups excluding carboxylic acids is 1. The lowest BCUT2D eigenvalue weighted by atomic mass is 10.1. The van der Waals surface area contributed by atoms with Crippen LogP contribution in [-0.2, 0) is 14.3 Å². The van der Waals surface area contributed by atoms with Crippen molar-refractivity contribution in [2.24, 2.45) is 0 Å². The van der Waals surface area contributed by atoms with Crippen molar-refractivity contribution < 1.29 is 14.3 Å². The number of aromatic nitrogens is 1. The van der Waals surface area contributed by atoms with Crippen LogP contribution >= 0.6 is 11.3 Å². The Bertz CT molecular complexity index is 842. The van der Waals surface area contributed by atoms with Crippen LogP contribution in [0, 0.1) is 13.8 Å². The van der Waals surface area contributed by atoms with Gasteiger partial charge in [-0.15, -0.1) is 0 Å². The Hall–Kier alpha value is -2.12. The second-order valence-electron chi connectivity index (χ2n) is 6.54. The Morgan fingerprint density at radius 3 is 2.63 bits per heavy atom. The molecule has 2 aromatic rings. The molecule has 0 saturated carbocycles. The highest BCUT2D eigenvalue weighted by atomic mass is 32.1. The maximum absolute atomic E-state index is 13.1. The van der Waals surface area contributed by atoms with E-state index < -0.39 is 0 Å². The van der Waals surface area contributed by atoms with Crippen molar-refractivity contribution in [2.45, 2.75) is 27.7 Å². The van der Waals surface area contributed by atoms with Crippen molar-refractivity contribution in [3.63, 3.8) is 0 Å². The summed E-state index contributed by atoms with van der Waals surface area (Å²) in [5.41, 5.74) is 3.32. The maximum atomic E-state index is 13.1. The van der Waals surface area contributed by atoms with E-state index in [0.717, 1.165) is 35.4 Å². The Kier molecular flexibility index (Phi) is 6.34. The van der Waals surface area contributed by atoms with Gasteiger partial charge in [0, 0.05) is 13.1 Å². The highest BCUT2D eigenvalue weighted by molar-refractivity contribution is 7.22. The number of ether oxygens (including phenoxy) is 2. The molecule has 0 radical (unpaired) electrons. The van der Waals surface area contributed by atoms with Crippen molar-refractivity contribution >= 4 is 32.6 Å². The lowest BCUT2D eigenvalue weighted by Gasteiger charge is -2.26. The molecular weight excluding hydrogens is 362 g/mol. The van der Waals surface area contributed by atoms with Gasteiger partial charge in [0.05, 0.1) is 10.2 Å². The van der Waals surface area contributed by atoms with Crippen LogP contribution < -0.4 is 4.90 Å². The van der Waals surface area contributed by atoms with Gasteiger partial charge in [0.2, 0.25) is 5.76 Å². The molecule has 1 amide bonds. The fourth-order valence-corrected chi connectivity index (χ4v) is 4.06. The summed E-state index contributed by atoms with van der Waals surface area (Å²) in [6.07, 6.45) is 1.42. The van der Waals surface area contributed by atoms with Gasteiger partial charge >= 0.3 is 0 Å².